The van der Waals surface area contributed by atoms with Crippen LogP contribution in [0.25, 0.3) is 21.9 Å². The number of imidazole rings is 1. The molecule has 8 nitrogen and oxygen atoms in total. The molecule has 2 aliphatic heterocycles. The summed E-state index contributed by atoms with van der Waals surface area (Å²) in [7, 11) is 0. The largest absolute Gasteiger partial charge is 0.487 e. The molecule has 2 aromatic heterocycles. The van der Waals surface area contributed by atoms with E-state index in [0.29, 0.717) is 30.0 Å². The number of nitrogens with zero attached hydrogens (tertiary/aromatic N) is 4. The van der Waals surface area contributed by atoms with E-state index in [0.717, 1.165) is 42.7 Å². The fourth-order valence-electron chi connectivity index (χ4n) is 5.88. The van der Waals surface area contributed by atoms with E-state index in [1.807, 2.05) is 30.0 Å². The fraction of sp³-hybridized carbons (Fsp3) is 0.393. The van der Waals surface area contributed by atoms with Crippen LogP contribution in [0.2, 0.25) is 0 Å². The Bertz CT molecular complexity index is 1600. The Balaban J connectivity index is 1.37. The second kappa shape index (κ2) is 8.90. The standard InChI is InChI=1S/C28H29FN4O4/c1-3-10-32-22-7-5-4-6-21(22)30-27(32)17-8-11-31(12-9-17)24-20(29)13-18-23-26(24)37-15-16(2)33(23)14-19(25(18)34)28(35)36/h4-7,13-14,16-17H,3,8-12,15H2,1-2H3,(H,35,36)/t16-/m0/s1. The Morgan fingerprint density at radius 3 is 2.73 bits per heavy atom. The lowest BCUT2D eigenvalue weighted by Gasteiger charge is -2.36. The van der Waals surface area contributed by atoms with Crippen molar-refractivity contribution in [3.63, 3.8) is 0 Å². The number of fused-ring (bicyclic) bond motifs is 1. The number of aromatic nitrogens is 3. The molecule has 1 saturated heterocycles. The topological polar surface area (TPSA) is 89.6 Å². The van der Waals surface area contributed by atoms with Gasteiger partial charge in [-0.3, -0.25) is 4.79 Å². The summed E-state index contributed by atoms with van der Waals surface area (Å²) < 4.78 is 25.7. The summed E-state index contributed by atoms with van der Waals surface area (Å²) in [6, 6.07) is 9.18. The van der Waals surface area contributed by atoms with Crippen molar-refractivity contribution < 1.29 is 19.0 Å². The van der Waals surface area contributed by atoms with Gasteiger partial charge in [-0.25, -0.2) is 14.2 Å². The van der Waals surface area contributed by atoms with E-state index in [1.54, 1.807) is 4.57 Å². The molecule has 4 aromatic rings. The SMILES string of the molecule is CCCn1c(C2CCN(c3c(F)cc4c(=O)c(C(=O)O)cn5c4c3OC[C@@H]5C)CC2)nc2ccccc21. The van der Waals surface area contributed by atoms with E-state index >= 15 is 4.39 Å². The number of hydrogen-bond donors (Lipinski definition) is 1. The first-order valence-electron chi connectivity index (χ1n) is 12.9. The number of hydrogen-bond acceptors (Lipinski definition) is 5. The minimum atomic E-state index is -1.32. The third-order valence-corrected chi connectivity index (χ3v) is 7.68. The van der Waals surface area contributed by atoms with Crippen LogP contribution in [0.3, 0.4) is 0 Å². The summed E-state index contributed by atoms with van der Waals surface area (Å²) in [6.07, 6.45) is 3.99. The van der Waals surface area contributed by atoms with E-state index in [1.165, 1.54) is 12.3 Å². The monoisotopic (exact) mass is 504 g/mol. The van der Waals surface area contributed by atoms with E-state index in [2.05, 4.69) is 17.6 Å². The minimum Gasteiger partial charge on any atom is -0.487 e. The highest BCUT2D eigenvalue weighted by Crippen LogP contribution is 2.43. The molecule has 192 valence electrons. The zero-order chi connectivity index (χ0) is 25.8. The molecule has 2 aliphatic rings. The Kier molecular flexibility index (Phi) is 5.66. The number of para-hydroxylation sites is 2. The van der Waals surface area contributed by atoms with Crippen LogP contribution in [0.1, 0.15) is 61.3 Å². The van der Waals surface area contributed by atoms with Crippen molar-refractivity contribution in [2.24, 2.45) is 0 Å². The maximum Gasteiger partial charge on any atom is 0.341 e. The number of carbonyl (C=O) groups is 1. The lowest BCUT2D eigenvalue weighted by molar-refractivity contribution is 0.0694. The molecule has 6 rings (SSSR count). The Hall–Kier alpha value is -3.88. The van der Waals surface area contributed by atoms with Gasteiger partial charge in [-0.2, -0.15) is 0 Å². The number of aromatic carboxylic acids is 1. The number of carboxylic acids is 1. The quantitative estimate of drug-likeness (QED) is 0.414. The van der Waals surface area contributed by atoms with Gasteiger partial charge in [-0.15, -0.1) is 0 Å². The highest BCUT2D eigenvalue weighted by Gasteiger charge is 2.33. The van der Waals surface area contributed by atoms with Crippen LogP contribution >= 0.6 is 0 Å². The zero-order valence-corrected chi connectivity index (χ0v) is 20.9. The molecular formula is C28H29FN4O4. The Morgan fingerprint density at radius 1 is 1.24 bits per heavy atom. The molecule has 0 amide bonds. The van der Waals surface area contributed by atoms with Crippen LogP contribution in [0, 0.1) is 5.82 Å². The average Bonchev–Trinajstić information content (AvgIpc) is 3.26. The summed E-state index contributed by atoms with van der Waals surface area (Å²) in [6.45, 7) is 6.45. The van der Waals surface area contributed by atoms with Gasteiger partial charge in [0.15, 0.2) is 11.6 Å². The smallest absolute Gasteiger partial charge is 0.341 e. The van der Waals surface area contributed by atoms with Gasteiger partial charge in [0, 0.05) is 31.7 Å². The Labute approximate surface area is 212 Å². The second-order valence-electron chi connectivity index (χ2n) is 10.0. The molecule has 2 aromatic carbocycles. The minimum absolute atomic E-state index is 0.0332. The van der Waals surface area contributed by atoms with Crippen molar-refractivity contribution in [3.8, 4) is 5.75 Å². The first kappa shape index (κ1) is 23.5. The number of piperidine rings is 1. The van der Waals surface area contributed by atoms with Crippen molar-refractivity contribution in [1.29, 1.82) is 0 Å². The van der Waals surface area contributed by atoms with Crippen LogP contribution in [-0.4, -0.2) is 44.9 Å². The number of rotatable bonds is 5. The first-order chi connectivity index (χ1) is 17.9. The molecule has 0 saturated carbocycles. The number of benzene rings is 2. The van der Waals surface area contributed by atoms with Crippen LogP contribution in [0.4, 0.5) is 10.1 Å². The van der Waals surface area contributed by atoms with E-state index in [4.69, 9.17) is 9.72 Å². The molecule has 0 aliphatic carbocycles. The van der Waals surface area contributed by atoms with Crippen molar-refractivity contribution in [2.75, 3.05) is 24.6 Å². The lowest BCUT2D eigenvalue weighted by atomic mass is 9.95. The summed E-state index contributed by atoms with van der Waals surface area (Å²) in [4.78, 5) is 31.5. The summed E-state index contributed by atoms with van der Waals surface area (Å²) in [5.74, 6) is -0.231. The van der Waals surface area contributed by atoms with Crippen LogP contribution in [-0.2, 0) is 6.54 Å². The molecule has 0 spiro atoms. The van der Waals surface area contributed by atoms with Gasteiger partial charge in [-0.1, -0.05) is 19.1 Å². The number of ether oxygens (including phenoxy) is 1. The first-order valence-corrected chi connectivity index (χ1v) is 12.9. The zero-order valence-electron chi connectivity index (χ0n) is 20.9. The van der Waals surface area contributed by atoms with E-state index < -0.39 is 17.2 Å². The van der Waals surface area contributed by atoms with Crippen molar-refractivity contribution in [2.45, 2.75) is 51.6 Å². The molecule has 37 heavy (non-hydrogen) atoms. The van der Waals surface area contributed by atoms with Gasteiger partial charge in [0.2, 0.25) is 5.43 Å². The van der Waals surface area contributed by atoms with Crippen molar-refractivity contribution in [1.82, 2.24) is 14.1 Å². The summed E-state index contributed by atoms with van der Waals surface area (Å²) in [5, 5.41) is 9.54. The van der Waals surface area contributed by atoms with Gasteiger partial charge in [-0.05, 0) is 44.4 Å². The predicted octanol–water partition coefficient (Wildman–Crippen LogP) is 4.94. The van der Waals surface area contributed by atoms with Gasteiger partial charge >= 0.3 is 5.97 Å². The van der Waals surface area contributed by atoms with Gasteiger partial charge in [0.05, 0.1) is 28.0 Å². The highest BCUT2D eigenvalue weighted by molar-refractivity contribution is 5.97. The molecule has 0 bridgehead atoms. The van der Waals surface area contributed by atoms with Gasteiger partial charge < -0.3 is 23.9 Å². The van der Waals surface area contributed by atoms with E-state index in [9.17, 15) is 14.7 Å². The number of anilines is 1. The third kappa shape index (κ3) is 3.67. The predicted molar refractivity (Wildman–Crippen MR) is 140 cm³/mol. The summed E-state index contributed by atoms with van der Waals surface area (Å²) in [5.41, 5.74) is 1.88. The maximum absolute atomic E-state index is 15.6. The molecule has 1 N–H and O–H groups in total. The van der Waals surface area contributed by atoms with Crippen molar-refractivity contribution in [3.05, 3.63) is 64.0 Å². The lowest BCUT2D eigenvalue weighted by Crippen LogP contribution is -2.36. The number of carboxylic acid groups (broad SMARTS) is 1. The number of halogens is 1. The molecule has 0 unspecified atom stereocenters. The van der Waals surface area contributed by atoms with Crippen LogP contribution in [0.5, 0.6) is 5.75 Å². The third-order valence-electron chi connectivity index (χ3n) is 7.68. The number of aryl methyl sites for hydroxylation is 1. The molecular weight excluding hydrogens is 475 g/mol. The molecule has 1 fully saturated rings. The van der Waals surface area contributed by atoms with Crippen LogP contribution in [0.15, 0.2) is 41.3 Å². The van der Waals surface area contributed by atoms with Gasteiger partial charge in [0.1, 0.15) is 23.7 Å². The maximum atomic E-state index is 15.6. The fourth-order valence-corrected chi connectivity index (χ4v) is 5.88. The second-order valence-corrected chi connectivity index (χ2v) is 10.0. The summed E-state index contributed by atoms with van der Waals surface area (Å²) >= 11 is 0. The average molecular weight is 505 g/mol. The molecule has 1 atom stereocenters. The number of pyridine rings is 1. The molecule has 0 radical (unpaired) electrons. The molecule has 9 heteroatoms. The van der Waals surface area contributed by atoms with Crippen molar-refractivity contribution >= 4 is 33.6 Å². The molecule has 4 heterocycles. The van der Waals surface area contributed by atoms with Crippen LogP contribution < -0.4 is 15.1 Å². The van der Waals surface area contributed by atoms with E-state index in [-0.39, 0.29) is 29.5 Å². The normalized spacial score (nSPS) is 17.9. The highest BCUT2D eigenvalue weighted by atomic mass is 19.1. The van der Waals surface area contributed by atoms with Gasteiger partial charge in [0.25, 0.3) is 0 Å². The Morgan fingerprint density at radius 2 is 2.00 bits per heavy atom.